The van der Waals surface area contributed by atoms with Gasteiger partial charge in [0.05, 0.1) is 17.9 Å². The number of benzene rings is 1. The minimum absolute atomic E-state index is 0.169. The van der Waals surface area contributed by atoms with Crippen LogP contribution in [0.1, 0.15) is 44.3 Å². The molecule has 1 saturated carbocycles. The van der Waals surface area contributed by atoms with Crippen LogP contribution in [0.4, 0.5) is 5.69 Å². The van der Waals surface area contributed by atoms with Gasteiger partial charge >= 0.3 is 0 Å². The van der Waals surface area contributed by atoms with E-state index in [1.54, 1.807) is 25.3 Å². The quantitative estimate of drug-likeness (QED) is 0.494. The van der Waals surface area contributed by atoms with Crippen LogP contribution in [0.3, 0.4) is 0 Å². The van der Waals surface area contributed by atoms with Gasteiger partial charge in [-0.2, -0.15) is 0 Å². The standard InChI is InChI=1S/C19H26ClN5O2S/c1-27-16-9-8-14(11-15(16)20)22-18(26)12-28-19-24-23-17(25(19)21)10-7-13-5-3-2-4-6-13/h8-9,11,13H,2-7,10,12,21H2,1H3,(H,22,26). The highest BCUT2D eigenvalue weighted by Gasteiger charge is 2.17. The highest BCUT2D eigenvalue weighted by molar-refractivity contribution is 7.99. The molecule has 0 aliphatic heterocycles. The van der Waals surface area contributed by atoms with Crippen molar-refractivity contribution in [3.63, 3.8) is 0 Å². The van der Waals surface area contributed by atoms with Crippen LogP contribution in [0, 0.1) is 5.92 Å². The number of aromatic nitrogens is 3. The number of halogens is 1. The van der Waals surface area contributed by atoms with E-state index in [0.717, 1.165) is 24.6 Å². The first-order chi connectivity index (χ1) is 13.6. The van der Waals surface area contributed by atoms with Gasteiger partial charge in [-0.3, -0.25) is 4.79 Å². The van der Waals surface area contributed by atoms with Gasteiger partial charge in [0.15, 0.2) is 5.82 Å². The van der Waals surface area contributed by atoms with Gasteiger partial charge in [0.1, 0.15) is 5.75 Å². The van der Waals surface area contributed by atoms with E-state index in [1.165, 1.54) is 48.5 Å². The third-order valence-corrected chi connectivity index (χ3v) is 6.24. The maximum Gasteiger partial charge on any atom is 0.234 e. The number of anilines is 1. The molecule has 0 spiro atoms. The van der Waals surface area contributed by atoms with E-state index in [4.69, 9.17) is 22.2 Å². The number of nitrogens with two attached hydrogens (primary N) is 1. The minimum Gasteiger partial charge on any atom is -0.495 e. The molecule has 1 aromatic heterocycles. The lowest BCUT2D eigenvalue weighted by atomic mass is 9.86. The van der Waals surface area contributed by atoms with Crippen molar-refractivity contribution in [3.05, 3.63) is 29.0 Å². The van der Waals surface area contributed by atoms with Gasteiger partial charge in [-0.25, -0.2) is 4.68 Å². The summed E-state index contributed by atoms with van der Waals surface area (Å²) < 4.78 is 6.61. The molecule has 1 fully saturated rings. The van der Waals surface area contributed by atoms with Crippen LogP contribution in [0.25, 0.3) is 0 Å². The highest BCUT2D eigenvalue weighted by atomic mass is 35.5. The summed E-state index contributed by atoms with van der Waals surface area (Å²) in [5.74, 6) is 8.23. The molecule has 3 rings (SSSR count). The molecule has 3 N–H and O–H groups in total. The van der Waals surface area contributed by atoms with Crippen molar-refractivity contribution in [3.8, 4) is 5.75 Å². The fourth-order valence-electron chi connectivity index (χ4n) is 3.46. The molecule has 28 heavy (non-hydrogen) atoms. The van der Waals surface area contributed by atoms with Gasteiger partial charge in [0.25, 0.3) is 0 Å². The zero-order valence-corrected chi connectivity index (χ0v) is 17.6. The Morgan fingerprint density at radius 2 is 2.14 bits per heavy atom. The first kappa shape index (κ1) is 20.8. The molecule has 0 unspecified atom stereocenters. The van der Waals surface area contributed by atoms with E-state index in [2.05, 4.69) is 15.5 Å². The fourth-order valence-corrected chi connectivity index (χ4v) is 4.39. The summed E-state index contributed by atoms with van der Waals surface area (Å²) in [6.45, 7) is 0. The zero-order chi connectivity index (χ0) is 19.9. The topological polar surface area (TPSA) is 95.1 Å². The second-order valence-electron chi connectivity index (χ2n) is 7.00. The van der Waals surface area contributed by atoms with Crippen LogP contribution in [0.5, 0.6) is 5.75 Å². The van der Waals surface area contributed by atoms with E-state index in [9.17, 15) is 4.79 Å². The summed E-state index contributed by atoms with van der Waals surface area (Å²) in [6.07, 6.45) is 8.54. The van der Waals surface area contributed by atoms with E-state index in [-0.39, 0.29) is 11.7 Å². The summed E-state index contributed by atoms with van der Waals surface area (Å²) in [5, 5.41) is 12.1. The third kappa shape index (κ3) is 5.54. The Hall–Kier alpha value is -1.93. The van der Waals surface area contributed by atoms with Gasteiger partial charge in [-0.05, 0) is 30.5 Å². The summed E-state index contributed by atoms with van der Waals surface area (Å²) in [4.78, 5) is 12.2. The summed E-state index contributed by atoms with van der Waals surface area (Å²) in [6, 6.07) is 5.10. The van der Waals surface area contributed by atoms with Crippen LogP contribution < -0.4 is 15.9 Å². The Morgan fingerprint density at radius 1 is 1.36 bits per heavy atom. The fraction of sp³-hybridized carbons (Fsp3) is 0.526. The zero-order valence-electron chi connectivity index (χ0n) is 16.0. The van der Waals surface area contributed by atoms with Gasteiger partial charge in [0, 0.05) is 12.1 Å². The first-order valence-electron chi connectivity index (χ1n) is 9.52. The number of nitrogens with zero attached hydrogens (tertiary/aromatic N) is 3. The lowest BCUT2D eigenvalue weighted by Gasteiger charge is -2.20. The molecule has 1 aromatic carbocycles. The van der Waals surface area contributed by atoms with E-state index in [1.807, 2.05) is 0 Å². The molecule has 0 saturated heterocycles. The maximum atomic E-state index is 12.2. The largest absolute Gasteiger partial charge is 0.495 e. The molecule has 1 heterocycles. The van der Waals surface area contributed by atoms with Gasteiger partial charge in [-0.15, -0.1) is 10.2 Å². The second kappa shape index (κ2) is 10.0. The average Bonchev–Trinajstić information content (AvgIpc) is 3.05. The number of rotatable bonds is 8. The van der Waals surface area contributed by atoms with Crippen molar-refractivity contribution in [1.29, 1.82) is 0 Å². The molecule has 0 atom stereocenters. The van der Waals surface area contributed by atoms with Crippen LogP contribution >= 0.6 is 23.4 Å². The molecular formula is C19H26ClN5O2S. The number of hydrogen-bond acceptors (Lipinski definition) is 6. The molecule has 9 heteroatoms. The number of carbonyl (C=O) groups is 1. The van der Waals surface area contributed by atoms with Crippen LogP contribution in [0.15, 0.2) is 23.4 Å². The Balaban J connectivity index is 1.48. The number of ether oxygens (including phenoxy) is 1. The highest BCUT2D eigenvalue weighted by Crippen LogP contribution is 2.28. The van der Waals surface area contributed by atoms with Crippen molar-refractivity contribution in [2.45, 2.75) is 50.1 Å². The molecule has 1 aliphatic rings. The van der Waals surface area contributed by atoms with Crippen LogP contribution in [0.2, 0.25) is 5.02 Å². The van der Waals surface area contributed by atoms with Crippen molar-refractivity contribution in [2.24, 2.45) is 5.92 Å². The monoisotopic (exact) mass is 423 g/mol. The molecule has 1 aliphatic carbocycles. The summed E-state index contributed by atoms with van der Waals surface area (Å²) in [7, 11) is 1.54. The smallest absolute Gasteiger partial charge is 0.234 e. The predicted octanol–water partition coefficient (Wildman–Crippen LogP) is 3.90. The number of nitrogen functional groups attached to an aromatic ring is 1. The van der Waals surface area contributed by atoms with Gasteiger partial charge in [0.2, 0.25) is 11.1 Å². The minimum atomic E-state index is -0.169. The SMILES string of the molecule is COc1ccc(NC(=O)CSc2nnc(CCC3CCCCC3)n2N)cc1Cl. The Bertz CT molecular complexity index is 808. The number of aryl methyl sites for hydroxylation is 1. The van der Waals surface area contributed by atoms with Crippen molar-refractivity contribution in [1.82, 2.24) is 14.9 Å². The number of methoxy groups -OCH3 is 1. The molecule has 1 amide bonds. The Morgan fingerprint density at radius 3 is 2.86 bits per heavy atom. The van der Waals surface area contributed by atoms with Crippen molar-refractivity contribution < 1.29 is 9.53 Å². The van der Waals surface area contributed by atoms with Gasteiger partial charge < -0.3 is 15.9 Å². The van der Waals surface area contributed by atoms with E-state index in [0.29, 0.717) is 21.6 Å². The average molecular weight is 424 g/mol. The Kier molecular flexibility index (Phi) is 7.44. The summed E-state index contributed by atoms with van der Waals surface area (Å²) in [5.41, 5.74) is 0.610. The maximum absolute atomic E-state index is 12.2. The molecule has 0 bridgehead atoms. The van der Waals surface area contributed by atoms with E-state index >= 15 is 0 Å². The first-order valence-corrected chi connectivity index (χ1v) is 10.9. The molecule has 152 valence electrons. The molecule has 7 nitrogen and oxygen atoms in total. The normalized spacial score (nSPS) is 14.8. The van der Waals surface area contributed by atoms with Crippen molar-refractivity contribution >= 4 is 35.0 Å². The number of hydrogen-bond donors (Lipinski definition) is 2. The second-order valence-corrected chi connectivity index (χ2v) is 8.35. The molecular weight excluding hydrogens is 398 g/mol. The van der Waals surface area contributed by atoms with Gasteiger partial charge in [-0.1, -0.05) is 55.5 Å². The Labute approximate surface area is 174 Å². The van der Waals surface area contributed by atoms with Crippen LogP contribution in [-0.4, -0.2) is 33.6 Å². The number of amides is 1. The third-order valence-electron chi connectivity index (χ3n) is 5.00. The lowest BCUT2D eigenvalue weighted by Crippen LogP contribution is -2.18. The van der Waals surface area contributed by atoms with E-state index < -0.39 is 0 Å². The number of carbonyl (C=O) groups excluding carboxylic acids is 1. The van der Waals surface area contributed by atoms with Crippen molar-refractivity contribution in [2.75, 3.05) is 24.0 Å². The van der Waals surface area contributed by atoms with Crippen LogP contribution in [-0.2, 0) is 11.2 Å². The lowest BCUT2D eigenvalue weighted by molar-refractivity contribution is -0.113. The summed E-state index contributed by atoms with van der Waals surface area (Å²) >= 11 is 7.34. The molecule has 0 radical (unpaired) electrons. The number of thioether (sulfide) groups is 1. The predicted molar refractivity (Wildman–Crippen MR) is 112 cm³/mol. The molecule has 2 aromatic rings. The number of nitrogens with one attached hydrogen (secondary N) is 1.